The second-order valence-corrected chi connectivity index (χ2v) is 8.41. The standard InChI is InChI=1S/C23H24N6O4/c1-33-18-8-4-7-17(25-18)26-23(32)21-13-9-10-14(11-13)29(21)19(30)12-28-16-6-3-2-5-15(16)20(27-28)22(24)31/h2-8,13-14,21H,9-12H2,1H3,(H2,24,31)(H,25,26,32)/t13-,14+,21-/m0/s1. The number of pyridine rings is 1. The van der Waals surface area contributed by atoms with Gasteiger partial charge in [-0.1, -0.05) is 24.3 Å². The normalized spacial score (nSPS) is 21.4. The Morgan fingerprint density at radius 2 is 1.97 bits per heavy atom. The van der Waals surface area contributed by atoms with Crippen LogP contribution in [0, 0.1) is 5.92 Å². The molecule has 3 amide bonds. The molecule has 1 aromatic carbocycles. The maximum Gasteiger partial charge on any atom is 0.269 e. The average molecular weight is 448 g/mol. The number of benzene rings is 1. The molecule has 3 heterocycles. The summed E-state index contributed by atoms with van der Waals surface area (Å²) in [5.41, 5.74) is 6.24. The minimum atomic E-state index is -0.652. The van der Waals surface area contributed by atoms with E-state index in [9.17, 15) is 14.4 Å². The van der Waals surface area contributed by atoms with Crippen molar-refractivity contribution in [2.24, 2.45) is 11.7 Å². The molecule has 0 spiro atoms. The maximum atomic E-state index is 13.4. The van der Waals surface area contributed by atoms with Gasteiger partial charge in [0, 0.05) is 17.5 Å². The fraction of sp³-hybridized carbons (Fsp3) is 0.348. The molecule has 0 radical (unpaired) electrons. The second kappa shape index (κ2) is 8.19. The molecular formula is C23H24N6O4. The molecule has 1 aliphatic carbocycles. The molecule has 2 fully saturated rings. The lowest BCUT2D eigenvalue weighted by molar-refractivity contribution is -0.141. The number of hydrogen-bond donors (Lipinski definition) is 2. The fourth-order valence-corrected chi connectivity index (χ4v) is 5.12. The molecule has 1 saturated heterocycles. The number of rotatable bonds is 6. The summed E-state index contributed by atoms with van der Waals surface area (Å²) in [5.74, 6) is -0.270. The van der Waals surface area contributed by atoms with E-state index in [0.717, 1.165) is 19.3 Å². The number of nitrogens with one attached hydrogen (secondary N) is 1. The number of amides is 3. The number of carbonyl (C=O) groups excluding carboxylic acids is 3. The Balaban J connectivity index is 1.40. The zero-order chi connectivity index (χ0) is 23.1. The Hall–Kier alpha value is -3.95. The van der Waals surface area contributed by atoms with E-state index in [1.807, 2.05) is 6.07 Å². The molecular weight excluding hydrogens is 424 g/mol. The molecule has 170 valence electrons. The van der Waals surface area contributed by atoms with E-state index < -0.39 is 11.9 Å². The monoisotopic (exact) mass is 448 g/mol. The number of fused-ring (bicyclic) bond motifs is 3. The number of aromatic nitrogens is 3. The van der Waals surface area contributed by atoms with Crippen LogP contribution in [0.1, 0.15) is 29.8 Å². The fourth-order valence-electron chi connectivity index (χ4n) is 5.12. The van der Waals surface area contributed by atoms with Gasteiger partial charge in [0.15, 0.2) is 5.69 Å². The van der Waals surface area contributed by atoms with E-state index in [2.05, 4.69) is 15.4 Å². The van der Waals surface area contributed by atoms with Gasteiger partial charge in [-0.15, -0.1) is 0 Å². The third kappa shape index (κ3) is 3.67. The predicted octanol–water partition coefficient (Wildman–Crippen LogP) is 1.56. The van der Waals surface area contributed by atoms with Crippen molar-refractivity contribution in [1.82, 2.24) is 19.7 Å². The number of piperidine rings is 1. The van der Waals surface area contributed by atoms with Crippen LogP contribution in [0.3, 0.4) is 0 Å². The highest BCUT2D eigenvalue weighted by molar-refractivity contribution is 6.04. The Morgan fingerprint density at radius 3 is 2.76 bits per heavy atom. The molecule has 5 rings (SSSR count). The van der Waals surface area contributed by atoms with Gasteiger partial charge in [0.2, 0.25) is 17.7 Å². The van der Waals surface area contributed by atoms with Crippen LogP contribution in [0.4, 0.5) is 5.82 Å². The van der Waals surface area contributed by atoms with Crippen molar-refractivity contribution in [1.29, 1.82) is 0 Å². The molecule has 3 atom stereocenters. The molecule has 10 nitrogen and oxygen atoms in total. The van der Waals surface area contributed by atoms with Gasteiger partial charge in [0.05, 0.1) is 12.6 Å². The highest BCUT2D eigenvalue weighted by atomic mass is 16.5. The first-order valence-electron chi connectivity index (χ1n) is 10.8. The van der Waals surface area contributed by atoms with Crippen LogP contribution >= 0.6 is 0 Å². The van der Waals surface area contributed by atoms with Gasteiger partial charge in [-0.25, -0.2) is 0 Å². The predicted molar refractivity (Wildman–Crippen MR) is 119 cm³/mol. The van der Waals surface area contributed by atoms with Crippen LogP contribution in [-0.4, -0.2) is 56.6 Å². The Bertz CT molecular complexity index is 1250. The van der Waals surface area contributed by atoms with Crippen molar-refractivity contribution in [3.05, 3.63) is 48.2 Å². The first-order valence-corrected chi connectivity index (χ1v) is 10.8. The minimum Gasteiger partial charge on any atom is -0.481 e. The van der Waals surface area contributed by atoms with Crippen LogP contribution in [0.5, 0.6) is 5.88 Å². The molecule has 0 unspecified atom stereocenters. The first-order chi connectivity index (χ1) is 16.0. The lowest BCUT2D eigenvalue weighted by Crippen LogP contribution is -2.52. The summed E-state index contributed by atoms with van der Waals surface area (Å²) >= 11 is 0. The van der Waals surface area contributed by atoms with E-state index in [-0.39, 0.29) is 36.0 Å². The number of nitrogens with zero attached hydrogens (tertiary/aromatic N) is 4. The van der Waals surface area contributed by atoms with Crippen LogP contribution < -0.4 is 15.8 Å². The van der Waals surface area contributed by atoms with Crippen molar-refractivity contribution in [3.63, 3.8) is 0 Å². The van der Waals surface area contributed by atoms with Crippen LogP contribution in [0.15, 0.2) is 42.5 Å². The van der Waals surface area contributed by atoms with Crippen LogP contribution in [0.2, 0.25) is 0 Å². The summed E-state index contributed by atoms with van der Waals surface area (Å²) in [6.07, 6.45) is 2.56. The topological polar surface area (TPSA) is 132 Å². The van der Waals surface area contributed by atoms with Gasteiger partial charge in [-0.05, 0) is 37.3 Å². The number of methoxy groups -OCH3 is 1. The van der Waals surface area contributed by atoms with Gasteiger partial charge < -0.3 is 20.7 Å². The molecule has 1 saturated carbocycles. The molecule has 2 aromatic heterocycles. The van der Waals surface area contributed by atoms with E-state index in [1.54, 1.807) is 41.3 Å². The number of para-hydroxylation sites is 1. The molecule has 3 aromatic rings. The summed E-state index contributed by atoms with van der Waals surface area (Å²) in [5, 5.41) is 7.72. The number of ether oxygens (including phenoxy) is 1. The SMILES string of the molecule is COc1cccc(NC(=O)[C@@H]2[C@H]3CC[C@H](C3)N2C(=O)Cn2nc(C(N)=O)c3ccccc32)n1. The summed E-state index contributed by atoms with van der Waals surface area (Å²) in [6.45, 7) is -0.0851. The third-order valence-electron chi connectivity index (χ3n) is 6.50. The van der Waals surface area contributed by atoms with Gasteiger partial charge >= 0.3 is 0 Å². The van der Waals surface area contributed by atoms with Gasteiger partial charge in [-0.3, -0.25) is 19.1 Å². The zero-order valence-corrected chi connectivity index (χ0v) is 18.1. The Labute approximate surface area is 189 Å². The summed E-state index contributed by atoms with van der Waals surface area (Å²) in [4.78, 5) is 44.4. The summed E-state index contributed by atoms with van der Waals surface area (Å²) in [6, 6.07) is 11.7. The quantitative estimate of drug-likeness (QED) is 0.588. The van der Waals surface area contributed by atoms with Crippen LogP contribution in [0.25, 0.3) is 10.9 Å². The lowest BCUT2D eigenvalue weighted by Gasteiger charge is -2.34. The van der Waals surface area contributed by atoms with Crippen LogP contribution in [-0.2, 0) is 16.1 Å². The molecule has 1 aliphatic heterocycles. The molecule has 3 N–H and O–H groups in total. The molecule has 10 heteroatoms. The smallest absolute Gasteiger partial charge is 0.269 e. The number of primary amides is 1. The summed E-state index contributed by atoms with van der Waals surface area (Å²) < 4.78 is 6.61. The van der Waals surface area contributed by atoms with Crippen molar-refractivity contribution in [3.8, 4) is 5.88 Å². The minimum absolute atomic E-state index is 0.00829. The second-order valence-electron chi connectivity index (χ2n) is 8.41. The van der Waals surface area contributed by atoms with E-state index in [4.69, 9.17) is 10.5 Å². The van der Waals surface area contributed by atoms with E-state index in [1.165, 1.54) is 11.8 Å². The number of anilines is 1. The largest absolute Gasteiger partial charge is 0.481 e. The zero-order valence-electron chi connectivity index (χ0n) is 18.1. The van der Waals surface area contributed by atoms with Gasteiger partial charge in [0.25, 0.3) is 5.91 Å². The lowest BCUT2D eigenvalue weighted by atomic mass is 9.97. The number of hydrogen-bond acceptors (Lipinski definition) is 6. The van der Waals surface area contributed by atoms with Crippen molar-refractivity contribution in [2.45, 2.75) is 37.9 Å². The van der Waals surface area contributed by atoms with Crippen molar-refractivity contribution in [2.75, 3.05) is 12.4 Å². The first kappa shape index (κ1) is 20.9. The van der Waals surface area contributed by atoms with Crippen molar-refractivity contribution < 1.29 is 19.1 Å². The van der Waals surface area contributed by atoms with Gasteiger partial charge in [-0.2, -0.15) is 10.1 Å². The summed E-state index contributed by atoms with van der Waals surface area (Å²) in [7, 11) is 1.51. The van der Waals surface area contributed by atoms with Crippen molar-refractivity contribution >= 4 is 34.4 Å². The Morgan fingerprint density at radius 1 is 1.15 bits per heavy atom. The number of nitrogens with two attached hydrogens (primary N) is 1. The Kier molecular flexibility index (Phi) is 5.20. The maximum absolute atomic E-state index is 13.4. The highest BCUT2D eigenvalue weighted by Crippen LogP contribution is 2.43. The van der Waals surface area contributed by atoms with Gasteiger partial charge in [0.1, 0.15) is 18.4 Å². The average Bonchev–Trinajstić information content (AvgIpc) is 3.52. The third-order valence-corrected chi connectivity index (χ3v) is 6.50. The number of carbonyl (C=O) groups is 3. The number of likely N-dealkylation sites (tertiary alicyclic amines) is 1. The van der Waals surface area contributed by atoms with E-state index >= 15 is 0 Å². The van der Waals surface area contributed by atoms with E-state index in [0.29, 0.717) is 22.6 Å². The molecule has 2 bridgehead atoms. The highest BCUT2D eigenvalue weighted by Gasteiger charge is 2.51. The molecule has 33 heavy (non-hydrogen) atoms. The molecule has 2 aliphatic rings.